The Morgan fingerprint density at radius 2 is 1.22 bits per heavy atom. The average molecular weight is 513 g/mol. The SMILES string of the molecule is CC[C@H](CCCCNC(=O)CCCCCCCCCCCCCCC(=O)O)C(=O)C[C@@H](CO)C(N)=O. The Labute approximate surface area is 218 Å². The van der Waals surface area contributed by atoms with Crippen LogP contribution in [-0.2, 0) is 19.2 Å². The van der Waals surface area contributed by atoms with E-state index in [9.17, 15) is 24.3 Å². The van der Waals surface area contributed by atoms with Crippen molar-refractivity contribution in [3.63, 3.8) is 0 Å². The lowest BCUT2D eigenvalue weighted by atomic mass is 9.89. The fraction of sp³-hybridized carbons (Fsp3) is 0.857. The van der Waals surface area contributed by atoms with Gasteiger partial charge in [-0.15, -0.1) is 0 Å². The van der Waals surface area contributed by atoms with Crippen LogP contribution in [0, 0.1) is 11.8 Å². The molecule has 0 aromatic rings. The number of carbonyl (C=O) groups excluding carboxylic acids is 3. The molecule has 0 radical (unpaired) electrons. The zero-order valence-corrected chi connectivity index (χ0v) is 22.6. The molecule has 0 saturated carbocycles. The van der Waals surface area contributed by atoms with Gasteiger partial charge in [0.2, 0.25) is 11.8 Å². The van der Waals surface area contributed by atoms with Crippen molar-refractivity contribution < 1.29 is 29.4 Å². The van der Waals surface area contributed by atoms with Gasteiger partial charge in [0.25, 0.3) is 0 Å². The van der Waals surface area contributed by atoms with Gasteiger partial charge in [-0.05, 0) is 32.1 Å². The van der Waals surface area contributed by atoms with Crippen molar-refractivity contribution in [2.24, 2.45) is 17.6 Å². The van der Waals surface area contributed by atoms with Crippen LogP contribution in [0.25, 0.3) is 0 Å². The van der Waals surface area contributed by atoms with E-state index in [1.54, 1.807) is 0 Å². The van der Waals surface area contributed by atoms with Crippen molar-refractivity contribution in [3.8, 4) is 0 Å². The van der Waals surface area contributed by atoms with Crippen LogP contribution in [0.15, 0.2) is 0 Å². The van der Waals surface area contributed by atoms with E-state index in [-0.39, 0.29) is 24.0 Å². The topological polar surface area (TPSA) is 147 Å². The first kappa shape index (κ1) is 34.0. The first-order chi connectivity index (χ1) is 17.3. The summed E-state index contributed by atoms with van der Waals surface area (Å²) < 4.78 is 0. The third-order valence-electron chi connectivity index (χ3n) is 6.86. The number of unbranched alkanes of at least 4 members (excludes halogenated alkanes) is 12. The lowest BCUT2D eigenvalue weighted by Gasteiger charge is -2.16. The molecule has 0 saturated heterocycles. The maximum atomic E-state index is 12.3. The van der Waals surface area contributed by atoms with Crippen molar-refractivity contribution in [1.82, 2.24) is 5.32 Å². The molecule has 0 heterocycles. The number of amides is 2. The van der Waals surface area contributed by atoms with Crippen LogP contribution in [0.3, 0.4) is 0 Å². The summed E-state index contributed by atoms with van der Waals surface area (Å²) in [5, 5.41) is 20.7. The third-order valence-corrected chi connectivity index (χ3v) is 6.86. The first-order valence-corrected chi connectivity index (χ1v) is 14.2. The summed E-state index contributed by atoms with van der Waals surface area (Å²) in [6, 6.07) is 0. The molecule has 2 atom stereocenters. The summed E-state index contributed by atoms with van der Waals surface area (Å²) in [4.78, 5) is 46.0. The van der Waals surface area contributed by atoms with Gasteiger partial charge < -0.3 is 21.3 Å². The molecule has 0 aromatic carbocycles. The molecule has 0 fully saturated rings. The predicted octanol–water partition coefficient (Wildman–Crippen LogP) is 4.90. The van der Waals surface area contributed by atoms with E-state index < -0.39 is 24.4 Å². The molecular weight excluding hydrogens is 460 g/mol. The number of carboxylic acid groups (broad SMARTS) is 1. The van der Waals surface area contributed by atoms with Crippen LogP contribution in [0.2, 0.25) is 0 Å². The minimum absolute atomic E-state index is 0.00133. The van der Waals surface area contributed by atoms with Crippen molar-refractivity contribution >= 4 is 23.6 Å². The van der Waals surface area contributed by atoms with Gasteiger partial charge in [-0.25, -0.2) is 0 Å². The summed E-state index contributed by atoms with van der Waals surface area (Å²) in [6.45, 7) is 2.16. The Morgan fingerprint density at radius 3 is 1.67 bits per heavy atom. The van der Waals surface area contributed by atoms with Gasteiger partial charge in [-0.1, -0.05) is 77.6 Å². The molecule has 8 nitrogen and oxygen atoms in total. The number of nitrogens with one attached hydrogen (secondary N) is 1. The number of hydrogen-bond donors (Lipinski definition) is 4. The number of aliphatic hydroxyl groups excluding tert-OH is 1. The Bertz CT molecular complexity index is 611. The maximum absolute atomic E-state index is 12.3. The standard InChI is InChI=1S/C28H52N2O6/c1-2-23(25(32)21-24(22-31)28(29)36)17-15-16-20-30-26(33)18-13-11-9-7-5-3-4-6-8-10-12-14-19-27(34)35/h23-24,31H,2-22H2,1H3,(H2,29,36)(H,30,33)(H,34,35)/t23-,24+/m1/s1. The largest absolute Gasteiger partial charge is 0.481 e. The highest BCUT2D eigenvalue weighted by atomic mass is 16.4. The molecule has 0 aromatic heterocycles. The van der Waals surface area contributed by atoms with E-state index in [1.165, 1.54) is 44.9 Å². The monoisotopic (exact) mass is 512 g/mol. The zero-order chi connectivity index (χ0) is 27.0. The number of Topliss-reactive ketones (excluding diaryl/α,β-unsaturated/α-hetero) is 1. The van der Waals surface area contributed by atoms with E-state index in [0.29, 0.717) is 25.8 Å². The highest BCUT2D eigenvalue weighted by Gasteiger charge is 2.23. The fourth-order valence-electron chi connectivity index (χ4n) is 4.42. The normalized spacial score (nSPS) is 12.7. The van der Waals surface area contributed by atoms with Crippen LogP contribution in [0.1, 0.15) is 129 Å². The van der Waals surface area contributed by atoms with Crippen LogP contribution in [0.4, 0.5) is 0 Å². The Hall–Kier alpha value is -1.96. The molecule has 0 unspecified atom stereocenters. The number of nitrogens with two attached hydrogens (primary N) is 1. The quantitative estimate of drug-likeness (QED) is 0.121. The number of aliphatic hydroxyl groups is 1. The van der Waals surface area contributed by atoms with Crippen molar-refractivity contribution in [2.75, 3.05) is 13.2 Å². The van der Waals surface area contributed by atoms with Crippen molar-refractivity contribution in [2.45, 2.75) is 129 Å². The fourth-order valence-corrected chi connectivity index (χ4v) is 4.42. The third kappa shape index (κ3) is 20.3. The van der Waals surface area contributed by atoms with Crippen molar-refractivity contribution in [3.05, 3.63) is 0 Å². The summed E-state index contributed by atoms with van der Waals surface area (Å²) in [6.07, 6.45) is 17.4. The Balaban J connectivity index is 3.57. The Kier molecular flexibility index (Phi) is 22.2. The average Bonchev–Trinajstić information content (AvgIpc) is 2.84. The second kappa shape index (κ2) is 23.4. The first-order valence-electron chi connectivity index (χ1n) is 14.2. The molecule has 0 spiro atoms. The number of primary amides is 1. The minimum Gasteiger partial charge on any atom is -0.481 e. The molecule has 0 aliphatic carbocycles. The highest BCUT2D eigenvalue weighted by Crippen LogP contribution is 2.18. The Morgan fingerprint density at radius 1 is 0.722 bits per heavy atom. The molecule has 8 heteroatoms. The van der Waals surface area contributed by atoms with Crippen molar-refractivity contribution in [1.29, 1.82) is 0 Å². The van der Waals surface area contributed by atoms with Gasteiger partial charge in [-0.2, -0.15) is 0 Å². The van der Waals surface area contributed by atoms with Crippen LogP contribution < -0.4 is 11.1 Å². The summed E-state index contributed by atoms with van der Waals surface area (Å²) >= 11 is 0. The number of hydrogen-bond acceptors (Lipinski definition) is 5. The number of rotatable bonds is 26. The maximum Gasteiger partial charge on any atom is 0.303 e. The highest BCUT2D eigenvalue weighted by molar-refractivity contribution is 5.87. The molecular formula is C28H52N2O6. The van der Waals surface area contributed by atoms with E-state index >= 15 is 0 Å². The number of carbonyl (C=O) groups is 4. The smallest absolute Gasteiger partial charge is 0.303 e. The van der Waals surface area contributed by atoms with Gasteiger partial charge in [0.15, 0.2) is 0 Å². The van der Waals surface area contributed by atoms with Gasteiger partial charge in [-0.3, -0.25) is 19.2 Å². The van der Waals surface area contributed by atoms with Crippen LogP contribution in [0.5, 0.6) is 0 Å². The van der Waals surface area contributed by atoms with Gasteiger partial charge in [0, 0.05) is 31.7 Å². The minimum atomic E-state index is -0.801. The molecule has 5 N–H and O–H groups in total. The molecule has 0 aliphatic heterocycles. The number of ketones is 1. The summed E-state index contributed by atoms with van der Waals surface area (Å²) in [5.41, 5.74) is 5.20. The molecule has 210 valence electrons. The van der Waals surface area contributed by atoms with Gasteiger partial charge in [0.1, 0.15) is 5.78 Å². The lowest BCUT2D eigenvalue weighted by molar-refractivity contribution is -0.137. The van der Waals surface area contributed by atoms with E-state index in [4.69, 9.17) is 10.8 Å². The summed E-state index contributed by atoms with van der Waals surface area (Å²) in [5.74, 6) is -2.21. The molecule has 2 amide bonds. The molecule has 0 aliphatic rings. The number of aliphatic carboxylic acids is 1. The molecule has 36 heavy (non-hydrogen) atoms. The van der Waals surface area contributed by atoms with Gasteiger partial charge >= 0.3 is 5.97 Å². The zero-order valence-electron chi connectivity index (χ0n) is 22.6. The second-order valence-electron chi connectivity index (χ2n) is 10.0. The van der Waals surface area contributed by atoms with E-state index in [2.05, 4.69) is 5.32 Å². The summed E-state index contributed by atoms with van der Waals surface area (Å²) in [7, 11) is 0. The second-order valence-corrected chi connectivity index (χ2v) is 10.0. The molecule has 0 bridgehead atoms. The van der Waals surface area contributed by atoms with Crippen LogP contribution >= 0.6 is 0 Å². The van der Waals surface area contributed by atoms with E-state index in [1.807, 2.05) is 6.92 Å². The van der Waals surface area contributed by atoms with Crippen LogP contribution in [-0.4, -0.2) is 46.9 Å². The molecule has 0 rings (SSSR count). The lowest BCUT2D eigenvalue weighted by Crippen LogP contribution is -2.30. The van der Waals surface area contributed by atoms with Gasteiger partial charge in [0.05, 0.1) is 12.5 Å². The number of carboxylic acids is 1. The predicted molar refractivity (Wildman–Crippen MR) is 142 cm³/mol. The van der Waals surface area contributed by atoms with E-state index in [0.717, 1.165) is 51.4 Å².